The van der Waals surface area contributed by atoms with Gasteiger partial charge in [0.1, 0.15) is 0 Å². The van der Waals surface area contributed by atoms with Gasteiger partial charge in [-0.05, 0) is 26.2 Å². The molecule has 1 N–H and O–H groups in total. The van der Waals surface area contributed by atoms with E-state index in [9.17, 15) is 0 Å². The maximum Gasteiger partial charge on any atom is 0.323 e. The van der Waals surface area contributed by atoms with E-state index in [0.29, 0.717) is 24.5 Å². The molecule has 1 unspecified atom stereocenters. The van der Waals surface area contributed by atoms with Gasteiger partial charge in [0.25, 0.3) is 0 Å². The molecule has 0 saturated carbocycles. The van der Waals surface area contributed by atoms with E-state index in [2.05, 4.69) is 27.2 Å². The third kappa shape index (κ3) is 4.70. The minimum atomic E-state index is 0.259. The zero-order valence-electron chi connectivity index (χ0n) is 13.1. The number of aromatic nitrogens is 3. The molecule has 7 heteroatoms. The van der Waals surface area contributed by atoms with Crippen molar-refractivity contribution in [3.63, 3.8) is 0 Å². The lowest BCUT2D eigenvalue weighted by Gasteiger charge is -2.21. The third-order valence-corrected chi connectivity index (χ3v) is 3.25. The molecule has 0 aromatic carbocycles. The molecular formula is C14H25N5O2. The van der Waals surface area contributed by atoms with Gasteiger partial charge in [0.15, 0.2) is 0 Å². The van der Waals surface area contributed by atoms with E-state index in [1.165, 1.54) is 0 Å². The molecule has 1 saturated heterocycles. The Balaban J connectivity index is 2.09. The second-order valence-electron chi connectivity index (χ2n) is 5.12. The Hall–Kier alpha value is -1.63. The molecule has 0 spiro atoms. The molecule has 2 rings (SSSR count). The molecular weight excluding hydrogens is 270 g/mol. The van der Waals surface area contributed by atoms with Crippen molar-refractivity contribution in [2.75, 3.05) is 43.6 Å². The molecule has 0 amide bonds. The van der Waals surface area contributed by atoms with Crippen LogP contribution in [0.1, 0.15) is 33.1 Å². The summed E-state index contributed by atoms with van der Waals surface area (Å²) in [7, 11) is 1.97. The summed E-state index contributed by atoms with van der Waals surface area (Å²) in [5.74, 6) is 1.17. The summed E-state index contributed by atoms with van der Waals surface area (Å²) in [6.07, 6.45) is 3.49. The van der Waals surface area contributed by atoms with Crippen LogP contribution in [0.5, 0.6) is 6.01 Å². The smallest absolute Gasteiger partial charge is 0.323 e. The van der Waals surface area contributed by atoms with E-state index in [0.717, 1.165) is 39.0 Å². The highest BCUT2D eigenvalue weighted by Gasteiger charge is 2.19. The zero-order chi connectivity index (χ0) is 15.1. The minimum Gasteiger partial charge on any atom is -0.464 e. The van der Waals surface area contributed by atoms with Crippen LogP contribution in [0.15, 0.2) is 0 Å². The lowest BCUT2D eigenvalue weighted by Crippen LogP contribution is -2.30. The van der Waals surface area contributed by atoms with Crippen molar-refractivity contribution >= 4 is 11.9 Å². The Morgan fingerprint density at radius 3 is 2.86 bits per heavy atom. The van der Waals surface area contributed by atoms with Crippen LogP contribution in [0.3, 0.4) is 0 Å². The number of ether oxygens (including phenoxy) is 2. The van der Waals surface area contributed by atoms with Crippen LogP contribution in [0, 0.1) is 0 Å². The summed E-state index contributed by atoms with van der Waals surface area (Å²) in [6.45, 7) is 7.00. The van der Waals surface area contributed by atoms with Gasteiger partial charge in [-0.1, -0.05) is 6.92 Å². The van der Waals surface area contributed by atoms with Crippen molar-refractivity contribution in [1.82, 2.24) is 15.0 Å². The first-order valence-corrected chi connectivity index (χ1v) is 7.68. The molecule has 7 nitrogen and oxygen atoms in total. The Morgan fingerprint density at radius 1 is 1.33 bits per heavy atom. The predicted octanol–water partition coefficient (Wildman–Crippen LogP) is 1.71. The first-order valence-electron chi connectivity index (χ1n) is 7.68. The van der Waals surface area contributed by atoms with E-state index in [-0.39, 0.29) is 6.10 Å². The predicted molar refractivity (Wildman–Crippen MR) is 82.0 cm³/mol. The van der Waals surface area contributed by atoms with Crippen LogP contribution in [0.25, 0.3) is 0 Å². The lowest BCUT2D eigenvalue weighted by atomic mass is 10.2. The maximum absolute atomic E-state index is 5.66. The molecule has 1 aromatic heterocycles. The summed E-state index contributed by atoms with van der Waals surface area (Å²) in [5.41, 5.74) is 0. The van der Waals surface area contributed by atoms with Crippen LogP contribution in [0.4, 0.5) is 11.9 Å². The summed E-state index contributed by atoms with van der Waals surface area (Å²) in [6, 6.07) is 0.361. The molecule has 118 valence electrons. The van der Waals surface area contributed by atoms with Gasteiger partial charge < -0.3 is 19.7 Å². The van der Waals surface area contributed by atoms with Crippen molar-refractivity contribution in [2.45, 2.75) is 39.2 Å². The summed E-state index contributed by atoms with van der Waals surface area (Å²) in [5, 5.41) is 3.18. The van der Waals surface area contributed by atoms with Crippen LogP contribution in [-0.4, -0.2) is 54.4 Å². The molecule has 1 aliphatic rings. The molecule has 0 radical (unpaired) electrons. The average molecular weight is 295 g/mol. The first-order chi connectivity index (χ1) is 10.2. The molecule has 1 fully saturated rings. The fraction of sp³-hybridized carbons (Fsp3) is 0.786. The quantitative estimate of drug-likeness (QED) is 0.782. The molecule has 0 bridgehead atoms. The Labute approximate surface area is 126 Å². The summed E-state index contributed by atoms with van der Waals surface area (Å²) < 4.78 is 11.1. The minimum absolute atomic E-state index is 0.259. The maximum atomic E-state index is 5.66. The fourth-order valence-corrected chi connectivity index (χ4v) is 2.20. The van der Waals surface area contributed by atoms with Gasteiger partial charge in [0, 0.05) is 26.7 Å². The lowest BCUT2D eigenvalue weighted by molar-refractivity contribution is 0.116. The van der Waals surface area contributed by atoms with E-state index in [1.807, 2.05) is 18.9 Å². The number of anilines is 2. The van der Waals surface area contributed by atoms with Gasteiger partial charge in [-0.15, -0.1) is 0 Å². The van der Waals surface area contributed by atoms with Crippen molar-refractivity contribution in [2.24, 2.45) is 0 Å². The van der Waals surface area contributed by atoms with Gasteiger partial charge in [0.2, 0.25) is 11.9 Å². The van der Waals surface area contributed by atoms with Crippen molar-refractivity contribution in [1.29, 1.82) is 0 Å². The highest BCUT2D eigenvalue weighted by Crippen LogP contribution is 2.18. The molecule has 0 aliphatic carbocycles. The van der Waals surface area contributed by atoms with Crippen LogP contribution in [-0.2, 0) is 4.74 Å². The van der Waals surface area contributed by atoms with Gasteiger partial charge >= 0.3 is 6.01 Å². The number of rotatable bonds is 8. The van der Waals surface area contributed by atoms with Crippen molar-refractivity contribution in [3.8, 4) is 6.01 Å². The van der Waals surface area contributed by atoms with E-state index in [1.54, 1.807) is 0 Å². The van der Waals surface area contributed by atoms with Gasteiger partial charge in [0.05, 0.1) is 12.7 Å². The van der Waals surface area contributed by atoms with Crippen LogP contribution < -0.4 is 15.0 Å². The highest BCUT2D eigenvalue weighted by atomic mass is 16.5. The fourth-order valence-electron chi connectivity index (χ4n) is 2.20. The Kier molecular flexibility index (Phi) is 5.98. The number of nitrogens with one attached hydrogen (secondary N) is 1. The normalized spacial score (nSPS) is 17.8. The first kappa shape index (κ1) is 15.8. The molecule has 21 heavy (non-hydrogen) atoms. The Bertz CT molecular complexity index is 437. The van der Waals surface area contributed by atoms with Crippen molar-refractivity contribution in [3.05, 3.63) is 0 Å². The molecule has 1 atom stereocenters. The second kappa shape index (κ2) is 7.97. The van der Waals surface area contributed by atoms with E-state index in [4.69, 9.17) is 9.47 Å². The zero-order valence-corrected chi connectivity index (χ0v) is 13.1. The summed E-state index contributed by atoms with van der Waals surface area (Å²) in [4.78, 5) is 15.1. The number of hydrogen-bond donors (Lipinski definition) is 1. The number of likely N-dealkylation sites (N-methyl/N-ethyl adjacent to an activating group) is 1. The van der Waals surface area contributed by atoms with Crippen LogP contribution in [0.2, 0.25) is 0 Å². The van der Waals surface area contributed by atoms with E-state index < -0.39 is 0 Å². The van der Waals surface area contributed by atoms with Crippen LogP contribution >= 0.6 is 0 Å². The van der Waals surface area contributed by atoms with Gasteiger partial charge in [-0.3, -0.25) is 0 Å². The standard InChI is InChI=1S/C14H25N5O2/c1-4-8-15-12-16-13(18-14(17-12)20-5-2)19(3)10-11-7-6-9-21-11/h11H,4-10H2,1-3H3,(H,15,16,17,18). The monoisotopic (exact) mass is 295 g/mol. The molecule has 2 heterocycles. The number of hydrogen-bond acceptors (Lipinski definition) is 7. The molecule has 1 aliphatic heterocycles. The van der Waals surface area contributed by atoms with Gasteiger partial charge in [-0.2, -0.15) is 15.0 Å². The highest BCUT2D eigenvalue weighted by molar-refractivity contribution is 5.37. The second-order valence-corrected chi connectivity index (χ2v) is 5.12. The largest absolute Gasteiger partial charge is 0.464 e. The third-order valence-electron chi connectivity index (χ3n) is 3.25. The molecule has 1 aromatic rings. The Morgan fingerprint density at radius 2 is 2.19 bits per heavy atom. The number of nitrogens with zero attached hydrogens (tertiary/aromatic N) is 4. The summed E-state index contributed by atoms with van der Waals surface area (Å²) >= 11 is 0. The van der Waals surface area contributed by atoms with E-state index >= 15 is 0 Å². The SMILES string of the molecule is CCCNc1nc(OCC)nc(N(C)CC2CCCO2)n1. The average Bonchev–Trinajstić information content (AvgIpc) is 2.98. The topological polar surface area (TPSA) is 72.4 Å². The van der Waals surface area contributed by atoms with Crippen molar-refractivity contribution < 1.29 is 9.47 Å². The van der Waals surface area contributed by atoms with Gasteiger partial charge in [-0.25, -0.2) is 0 Å².